The van der Waals surface area contributed by atoms with E-state index in [1.807, 2.05) is 31.2 Å². The van der Waals surface area contributed by atoms with Crippen LogP contribution in [0.4, 0.5) is 0 Å². The number of rotatable bonds is 5. The Bertz CT molecular complexity index is 372. The number of benzene rings is 1. The molecule has 1 aliphatic carbocycles. The van der Waals surface area contributed by atoms with E-state index in [0.29, 0.717) is 13.2 Å². The summed E-state index contributed by atoms with van der Waals surface area (Å²) in [5.41, 5.74) is 1.12. The fourth-order valence-electron chi connectivity index (χ4n) is 1.54. The van der Waals surface area contributed by atoms with Gasteiger partial charge in [-0.1, -0.05) is 18.2 Å². The van der Waals surface area contributed by atoms with Crippen LogP contribution in [0.5, 0.6) is 5.75 Å². The molecule has 0 aromatic heterocycles. The molecule has 1 aliphatic rings. The quantitative estimate of drug-likeness (QED) is 0.768. The molecule has 1 aromatic rings. The lowest BCUT2D eigenvalue weighted by Gasteiger charge is -2.09. The van der Waals surface area contributed by atoms with E-state index in [4.69, 9.17) is 4.74 Å². The Kier molecular flexibility index (Phi) is 3.44. The third-order valence-electron chi connectivity index (χ3n) is 2.70. The van der Waals surface area contributed by atoms with Crippen LogP contribution in [0, 0.1) is 12.8 Å². The van der Waals surface area contributed by atoms with Gasteiger partial charge in [-0.05, 0) is 31.4 Å². The number of hydrogen-bond donors (Lipinski definition) is 1. The first-order chi connectivity index (χ1) is 7.77. The zero-order valence-electron chi connectivity index (χ0n) is 9.53. The highest BCUT2D eigenvalue weighted by Crippen LogP contribution is 2.28. The second kappa shape index (κ2) is 5.01. The van der Waals surface area contributed by atoms with Crippen molar-refractivity contribution in [2.45, 2.75) is 19.8 Å². The predicted molar refractivity (Wildman–Crippen MR) is 62.4 cm³/mol. The fraction of sp³-hybridized carbons (Fsp3) is 0.462. The molecule has 0 aliphatic heterocycles. The number of aryl methyl sites for hydroxylation is 1. The Labute approximate surface area is 95.8 Å². The fourth-order valence-corrected chi connectivity index (χ4v) is 1.54. The topological polar surface area (TPSA) is 38.3 Å². The van der Waals surface area contributed by atoms with Gasteiger partial charge in [-0.3, -0.25) is 4.79 Å². The van der Waals surface area contributed by atoms with Gasteiger partial charge in [0.05, 0.1) is 6.54 Å². The van der Waals surface area contributed by atoms with Gasteiger partial charge in [0.2, 0.25) is 5.91 Å². The minimum atomic E-state index is 0.174. The number of hydrogen-bond acceptors (Lipinski definition) is 2. The van der Waals surface area contributed by atoms with Crippen LogP contribution in [0.15, 0.2) is 24.3 Å². The van der Waals surface area contributed by atoms with Crippen molar-refractivity contribution in [1.29, 1.82) is 0 Å². The van der Waals surface area contributed by atoms with Gasteiger partial charge >= 0.3 is 0 Å². The molecule has 0 spiro atoms. The molecule has 0 heterocycles. The first kappa shape index (κ1) is 11.0. The maximum Gasteiger partial charge on any atom is 0.223 e. The van der Waals surface area contributed by atoms with Crippen molar-refractivity contribution in [2.75, 3.05) is 13.2 Å². The van der Waals surface area contributed by atoms with E-state index in [1.165, 1.54) is 0 Å². The molecule has 1 aromatic carbocycles. The van der Waals surface area contributed by atoms with Gasteiger partial charge in [0.1, 0.15) is 12.4 Å². The average molecular weight is 219 g/mol. The molecule has 0 atom stereocenters. The van der Waals surface area contributed by atoms with Gasteiger partial charge in [0, 0.05) is 5.92 Å². The second-order valence-electron chi connectivity index (χ2n) is 4.18. The Morgan fingerprint density at radius 2 is 2.19 bits per heavy atom. The van der Waals surface area contributed by atoms with E-state index in [0.717, 1.165) is 24.2 Å². The Morgan fingerprint density at radius 3 is 2.88 bits per heavy atom. The molecule has 1 fully saturated rings. The number of carbonyl (C=O) groups is 1. The third kappa shape index (κ3) is 2.99. The van der Waals surface area contributed by atoms with Crippen LogP contribution < -0.4 is 10.1 Å². The summed E-state index contributed by atoms with van der Waals surface area (Å²) in [6, 6.07) is 7.89. The molecule has 3 nitrogen and oxygen atoms in total. The van der Waals surface area contributed by atoms with Crippen LogP contribution in [-0.2, 0) is 4.79 Å². The largest absolute Gasteiger partial charge is 0.491 e. The minimum absolute atomic E-state index is 0.174. The molecule has 0 bridgehead atoms. The van der Waals surface area contributed by atoms with E-state index in [9.17, 15) is 4.79 Å². The smallest absolute Gasteiger partial charge is 0.223 e. The first-order valence-corrected chi connectivity index (χ1v) is 5.73. The SMILES string of the molecule is Cc1ccccc1OCCNC(=O)C1CC1. The molecule has 1 N–H and O–H groups in total. The summed E-state index contributed by atoms with van der Waals surface area (Å²) in [4.78, 5) is 11.3. The number of nitrogens with one attached hydrogen (secondary N) is 1. The zero-order valence-corrected chi connectivity index (χ0v) is 9.53. The highest BCUT2D eigenvalue weighted by molar-refractivity contribution is 5.80. The second-order valence-corrected chi connectivity index (χ2v) is 4.18. The molecule has 3 heteroatoms. The highest BCUT2D eigenvalue weighted by atomic mass is 16.5. The van der Waals surface area contributed by atoms with Crippen LogP contribution in [0.25, 0.3) is 0 Å². The summed E-state index contributed by atoms with van der Waals surface area (Å²) >= 11 is 0. The lowest BCUT2D eigenvalue weighted by molar-refractivity contribution is -0.122. The summed E-state index contributed by atoms with van der Waals surface area (Å²) in [7, 11) is 0. The van der Waals surface area contributed by atoms with Gasteiger partial charge in [-0.2, -0.15) is 0 Å². The van der Waals surface area contributed by atoms with Crippen LogP contribution in [0.3, 0.4) is 0 Å². The first-order valence-electron chi connectivity index (χ1n) is 5.73. The number of para-hydroxylation sites is 1. The van der Waals surface area contributed by atoms with Crippen LogP contribution in [0.2, 0.25) is 0 Å². The van der Waals surface area contributed by atoms with Crippen molar-refractivity contribution in [1.82, 2.24) is 5.32 Å². The molecule has 86 valence electrons. The standard InChI is InChI=1S/C13H17NO2/c1-10-4-2-3-5-12(10)16-9-8-14-13(15)11-6-7-11/h2-5,11H,6-9H2,1H3,(H,14,15). The van der Waals surface area contributed by atoms with Crippen LogP contribution in [0.1, 0.15) is 18.4 Å². The molecule has 2 rings (SSSR count). The Hall–Kier alpha value is -1.51. The number of ether oxygens (including phenoxy) is 1. The predicted octanol–water partition coefficient (Wildman–Crippen LogP) is 1.90. The molecule has 16 heavy (non-hydrogen) atoms. The lowest BCUT2D eigenvalue weighted by Crippen LogP contribution is -2.29. The minimum Gasteiger partial charge on any atom is -0.491 e. The van der Waals surface area contributed by atoms with Gasteiger partial charge in [0.25, 0.3) is 0 Å². The van der Waals surface area contributed by atoms with Crippen molar-refractivity contribution in [3.05, 3.63) is 29.8 Å². The average Bonchev–Trinajstić information content (AvgIpc) is 3.10. The van der Waals surface area contributed by atoms with E-state index in [2.05, 4.69) is 5.32 Å². The molecular formula is C13H17NO2. The third-order valence-corrected chi connectivity index (χ3v) is 2.70. The highest BCUT2D eigenvalue weighted by Gasteiger charge is 2.28. The van der Waals surface area contributed by atoms with Crippen molar-refractivity contribution in [3.63, 3.8) is 0 Å². The van der Waals surface area contributed by atoms with Crippen molar-refractivity contribution in [3.8, 4) is 5.75 Å². The molecule has 1 amide bonds. The monoisotopic (exact) mass is 219 g/mol. The van der Waals surface area contributed by atoms with Gasteiger partial charge in [-0.25, -0.2) is 0 Å². The summed E-state index contributed by atoms with van der Waals surface area (Å²) in [6.45, 7) is 3.13. The molecular weight excluding hydrogens is 202 g/mol. The maximum absolute atomic E-state index is 11.3. The summed E-state index contributed by atoms with van der Waals surface area (Å²) in [5, 5.41) is 2.87. The van der Waals surface area contributed by atoms with Crippen molar-refractivity contribution in [2.24, 2.45) is 5.92 Å². The van der Waals surface area contributed by atoms with Gasteiger partial charge < -0.3 is 10.1 Å². The van der Waals surface area contributed by atoms with Crippen molar-refractivity contribution >= 4 is 5.91 Å². The van der Waals surface area contributed by atoms with Gasteiger partial charge in [-0.15, -0.1) is 0 Å². The van der Waals surface area contributed by atoms with E-state index < -0.39 is 0 Å². The van der Waals surface area contributed by atoms with E-state index in [1.54, 1.807) is 0 Å². The van der Waals surface area contributed by atoms with E-state index in [-0.39, 0.29) is 11.8 Å². The normalized spacial score (nSPS) is 14.6. The van der Waals surface area contributed by atoms with Gasteiger partial charge in [0.15, 0.2) is 0 Å². The molecule has 0 unspecified atom stereocenters. The Balaban J connectivity index is 1.67. The summed E-state index contributed by atoms with van der Waals surface area (Å²) in [6.07, 6.45) is 2.09. The number of carbonyl (C=O) groups excluding carboxylic acids is 1. The lowest BCUT2D eigenvalue weighted by atomic mass is 10.2. The Morgan fingerprint density at radius 1 is 1.44 bits per heavy atom. The summed E-state index contributed by atoms with van der Waals surface area (Å²) in [5.74, 6) is 1.34. The van der Waals surface area contributed by atoms with E-state index >= 15 is 0 Å². The summed E-state index contributed by atoms with van der Waals surface area (Å²) < 4.78 is 5.57. The van der Waals surface area contributed by atoms with Crippen LogP contribution >= 0.6 is 0 Å². The van der Waals surface area contributed by atoms with Crippen molar-refractivity contribution < 1.29 is 9.53 Å². The molecule has 0 radical (unpaired) electrons. The molecule has 0 saturated heterocycles. The molecule has 1 saturated carbocycles. The zero-order chi connectivity index (χ0) is 11.4. The maximum atomic E-state index is 11.3. The number of amides is 1. The van der Waals surface area contributed by atoms with Crippen LogP contribution in [-0.4, -0.2) is 19.1 Å².